The van der Waals surface area contributed by atoms with E-state index < -0.39 is 27.7 Å². The molecule has 0 fully saturated rings. The van der Waals surface area contributed by atoms with Gasteiger partial charge < -0.3 is 9.84 Å². The Morgan fingerprint density at radius 3 is 2.35 bits per heavy atom. The van der Waals surface area contributed by atoms with Gasteiger partial charge in [-0.3, -0.25) is 9.59 Å². The lowest BCUT2D eigenvalue weighted by Gasteiger charge is -2.23. The van der Waals surface area contributed by atoms with Crippen molar-refractivity contribution in [1.82, 2.24) is 4.72 Å². The molecular weight excluding hydrogens is 286 g/mol. The number of nitrogens with one attached hydrogen (secondary N) is 1. The van der Waals surface area contributed by atoms with Gasteiger partial charge >= 0.3 is 11.9 Å². The minimum Gasteiger partial charge on any atom is -0.481 e. The summed E-state index contributed by atoms with van der Waals surface area (Å²) in [4.78, 5) is 21.6. The van der Waals surface area contributed by atoms with Gasteiger partial charge in [-0.1, -0.05) is 13.8 Å². The lowest BCUT2D eigenvalue weighted by Crippen LogP contribution is -2.33. The molecule has 0 bridgehead atoms. The minimum atomic E-state index is -3.70. The summed E-state index contributed by atoms with van der Waals surface area (Å²) < 4.78 is 30.0. The SMILES string of the molecule is CCOC(=O)CS(=O)(=O)NCCC(C)(C)CCC(=O)O. The number of hydrogen-bond acceptors (Lipinski definition) is 5. The van der Waals surface area contributed by atoms with Gasteiger partial charge in [-0.15, -0.1) is 0 Å². The summed E-state index contributed by atoms with van der Waals surface area (Å²) in [6.45, 7) is 5.64. The molecule has 0 atom stereocenters. The Kier molecular flexibility index (Phi) is 7.74. The highest BCUT2D eigenvalue weighted by atomic mass is 32.2. The number of esters is 1. The largest absolute Gasteiger partial charge is 0.481 e. The normalized spacial score (nSPS) is 12.2. The highest BCUT2D eigenvalue weighted by molar-refractivity contribution is 7.90. The molecule has 0 aliphatic carbocycles. The van der Waals surface area contributed by atoms with Crippen LogP contribution in [0.1, 0.15) is 40.0 Å². The van der Waals surface area contributed by atoms with Crippen LogP contribution in [0, 0.1) is 5.41 Å². The summed E-state index contributed by atoms with van der Waals surface area (Å²) in [6, 6.07) is 0. The van der Waals surface area contributed by atoms with Crippen LogP contribution in [-0.4, -0.2) is 44.4 Å². The molecule has 7 nitrogen and oxygen atoms in total. The standard InChI is InChI=1S/C12H23NO6S/c1-4-19-11(16)9-20(17,18)13-8-7-12(2,3)6-5-10(14)15/h13H,4-9H2,1-3H3,(H,14,15). The first kappa shape index (κ1) is 18.9. The van der Waals surface area contributed by atoms with Gasteiger partial charge in [0.25, 0.3) is 0 Å². The third-order valence-electron chi connectivity index (χ3n) is 2.75. The first-order valence-corrected chi connectivity index (χ1v) is 8.08. The summed E-state index contributed by atoms with van der Waals surface area (Å²) in [7, 11) is -3.70. The zero-order valence-corrected chi connectivity index (χ0v) is 13.0. The molecule has 0 aromatic carbocycles. The van der Waals surface area contributed by atoms with Gasteiger partial charge in [0.05, 0.1) is 6.61 Å². The molecule has 20 heavy (non-hydrogen) atoms. The Balaban J connectivity index is 4.14. The average Bonchev–Trinajstić information content (AvgIpc) is 2.25. The molecule has 0 aromatic rings. The highest BCUT2D eigenvalue weighted by Crippen LogP contribution is 2.26. The van der Waals surface area contributed by atoms with Crippen LogP contribution >= 0.6 is 0 Å². The number of carbonyl (C=O) groups is 2. The summed E-state index contributed by atoms with van der Waals surface area (Å²) in [5.41, 5.74) is -0.287. The molecule has 0 heterocycles. The van der Waals surface area contributed by atoms with Crippen molar-refractivity contribution in [2.75, 3.05) is 18.9 Å². The minimum absolute atomic E-state index is 0.0442. The van der Waals surface area contributed by atoms with Crippen LogP contribution in [0.2, 0.25) is 0 Å². The fourth-order valence-corrected chi connectivity index (χ4v) is 2.43. The molecule has 0 spiro atoms. The molecule has 0 aliphatic heterocycles. The van der Waals surface area contributed by atoms with Crippen LogP contribution in [0.5, 0.6) is 0 Å². The van der Waals surface area contributed by atoms with E-state index in [9.17, 15) is 18.0 Å². The van der Waals surface area contributed by atoms with E-state index in [-0.39, 0.29) is 25.0 Å². The van der Waals surface area contributed by atoms with Crippen LogP contribution in [0.25, 0.3) is 0 Å². The molecule has 0 unspecified atom stereocenters. The van der Waals surface area contributed by atoms with E-state index in [4.69, 9.17) is 5.11 Å². The molecule has 0 aromatic heterocycles. The molecule has 0 amide bonds. The van der Waals surface area contributed by atoms with E-state index >= 15 is 0 Å². The second-order valence-electron chi connectivity index (χ2n) is 5.27. The molecule has 118 valence electrons. The predicted molar refractivity (Wildman–Crippen MR) is 73.7 cm³/mol. The van der Waals surface area contributed by atoms with Gasteiger partial charge in [-0.25, -0.2) is 13.1 Å². The van der Waals surface area contributed by atoms with Crippen molar-refractivity contribution >= 4 is 22.0 Å². The van der Waals surface area contributed by atoms with Crippen molar-refractivity contribution in [3.05, 3.63) is 0 Å². The maximum Gasteiger partial charge on any atom is 0.322 e. The fourth-order valence-electron chi connectivity index (χ4n) is 1.52. The smallest absolute Gasteiger partial charge is 0.322 e. The maximum atomic E-state index is 11.6. The third kappa shape index (κ3) is 9.74. The van der Waals surface area contributed by atoms with Gasteiger partial charge in [0.1, 0.15) is 0 Å². The quantitative estimate of drug-likeness (QED) is 0.576. The number of rotatable bonds is 10. The Bertz CT molecular complexity index is 429. The van der Waals surface area contributed by atoms with Crippen molar-refractivity contribution in [2.24, 2.45) is 5.41 Å². The Morgan fingerprint density at radius 1 is 1.25 bits per heavy atom. The van der Waals surface area contributed by atoms with Gasteiger partial charge in [0, 0.05) is 13.0 Å². The third-order valence-corrected chi connectivity index (χ3v) is 4.01. The topological polar surface area (TPSA) is 110 Å². The number of carboxylic acids is 1. The van der Waals surface area contributed by atoms with Gasteiger partial charge in [0.15, 0.2) is 5.75 Å². The summed E-state index contributed by atoms with van der Waals surface area (Å²) in [5, 5.41) is 8.62. The second kappa shape index (κ2) is 8.21. The van der Waals surface area contributed by atoms with Crippen LogP contribution in [-0.2, 0) is 24.3 Å². The van der Waals surface area contributed by atoms with Crippen molar-refractivity contribution in [1.29, 1.82) is 0 Å². The lowest BCUT2D eigenvalue weighted by atomic mass is 9.84. The summed E-state index contributed by atoms with van der Waals surface area (Å²) in [5.74, 6) is -2.36. The molecule has 0 rings (SSSR count). The van der Waals surface area contributed by atoms with E-state index in [1.165, 1.54) is 0 Å². The van der Waals surface area contributed by atoms with Crippen molar-refractivity contribution < 1.29 is 27.9 Å². The zero-order valence-electron chi connectivity index (χ0n) is 12.1. The molecule has 0 radical (unpaired) electrons. The molecule has 0 aliphatic rings. The molecule has 0 saturated heterocycles. The number of aliphatic carboxylic acids is 1. The molecule has 0 saturated carbocycles. The fraction of sp³-hybridized carbons (Fsp3) is 0.833. The van der Waals surface area contributed by atoms with Gasteiger partial charge in [-0.2, -0.15) is 0 Å². The molecule has 8 heteroatoms. The molecular formula is C12H23NO6S. The number of hydrogen-bond donors (Lipinski definition) is 2. The zero-order chi connectivity index (χ0) is 15.8. The van der Waals surface area contributed by atoms with Crippen molar-refractivity contribution in [2.45, 2.75) is 40.0 Å². The number of sulfonamides is 1. The van der Waals surface area contributed by atoms with E-state index in [1.54, 1.807) is 6.92 Å². The van der Waals surface area contributed by atoms with E-state index in [2.05, 4.69) is 9.46 Å². The van der Waals surface area contributed by atoms with E-state index in [0.29, 0.717) is 12.8 Å². The summed E-state index contributed by atoms with van der Waals surface area (Å²) >= 11 is 0. The Hall–Kier alpha value is -1.15. The number of carbonyl (C=O) groups excluding carboxylic acids is 1. The highest BCUT2D eigenvalue weighted by Gasteiger charge is 2.21. The van der Waals surface area contributed by atoms with Crippen LogP contribution in [0.15, 0.2) is 0 Å². The Morgan fingerprint density at radius 2 is 1.85 bits per heavy atom. The van der Waals surface area contributed by atoms with E-state index in [1.807, 2.05) is 13.8 Å². The van der Waals surface area contributed by atoms with Crippen LogP contribution in [0.4, 0.5) is 0 Å². The van der Waals surface area contributed by atoms with Gasteiger partial charge in [0.2, 0.25) is 10.0 Å². The first-order chi connectivity index (χ1) is 9.08. The van der Waals surface area contributed by atoms with Crippen molar-refractivity contribution in [3.63, 3.8) is 0 Å². The Labute approximate surface area is 119 Å². The molecule has 2 N–H and O–H groups in total. The second-order valence-corrected chi connectivity index (χ2v) is 7.07. The number of carboxylic acid groups (broad SMARTS) is 1. The maximum absolute atomic E-state index is 11.6. The monoisotopic (exact) mass is 309 g/mol. The predicted octanol–water partition coefficient (Wildman–Crippen LogP) is 0.750. The van der Waals surface area contributed by atoms with E-state index in [0.717, 1.165) is 0 Å². The first-order valence-electron chi connectivity index (χ1n) is 6.43. The average molecular weight is 309 g/mol. The van der Waals surface area contributed by atoms with Crippen LogP contribution < -0.4 is 4.72 Å². The van der Waals surface area contributed by atoms with Gasteiger partial charge in [-0.05, 0) is 25.2 Å². The van der Waals surface area contributed by atoms with Crippen LogP contribution in [0.3, 0.4) is 0 Å². The van der Waals surface area contributed by atoms with Crippen molar-refractivity contribution in [3.8, 4) is 0 Å². The summed E-state index contributed by atoms with van der Waals surface area (Å²) in [6.07, 6.45) is 0.993. The number of ether oxygens (including phenoxy) is 1. The lowest BCUT2D eigenvalue weighted by molar-refractivity contribution is -0.140.